The number of hydrogen-bond acceptors (Lipinski definition) is 4. The van der Waals surface area contributed by atoms with Crippen molar-refractivity contribution in [3.8, 4) is 5.75 Å². The van der Waals surface area contributed by atoms with Gasteiger partial charge < -0.3 is 10.1 Å². The van der Waals surface area contributed by atoms with Gasteiger partial charge in [-0.2, -0.15) is 0 Å². The average Bonchev–Trinajstić information content (AvgIpc) is 3.27. The number of benzene rings is 1. The zero-order valence-corrected chi connectivity index (χ0v) is 14.2. The summed E-state index contributed by atoms with van der Waals surface area (Å²) in [5, 5.41) is 5.15. The molecular weight excluding hydrogens is 308 g/mol. The molecule has 1 heterocycles. The van der Waals surface area contributed by atoms with Crippen molar-refractivity contribution in [3.05, 3.63) is 46.4 Å². The van der Waals surface area contributed by atoms with E-state index in [9.17, 15) is 4.79 Å². The molecule has 1 fully saturated rings. The highest BCUT2D eigenvalue weighted by Gasteiger charge is 2.42. The Morgan fingerprint density at radius 3 is 2.65 bits per heavy atom. The van der Waals surface area contributed by atoms with Gasteiger partial charge in [0.15, 0.2) is 0 Å². The minimum absolute atomic E-state index is 0.149. The summed E-state index contributed by atoms with van der Waals surface area (Å²) < 4.78 is 5.22. The monoisotopic (exact) mass is 330 g/mol. The average molecular weight is 330 g/mol. The van der Waals surface area contributed by atoms with E-state index < -0.39 is 0 Å². The van der Waals surface area contributed by atoms with Gasteiger partial charge >= 0.3 is 0 Å². The fraction of sp³-hybridized carbons (Fsp3) is 0.444. The molecule has 1 saturated carbocycles. The van der Waals surface area contributed by atoms with Crippen LogP contribution in [0.25, 0.3) is 0 Å². The maximum Gasteiger partial charge on any atom is 0.230 e. The second kappa shape index (κ2) is 7.13. The van der Waals surface area contributed by atoms with E-state index >= 15 is 0 Å². The number of nitrogens with one attached hydrogen (secondary N) is 1. The molecule has 0 unspecified atom stereocenters. The number of thiazole rings is 1. The van der Waals surface area contributed by atoms with Crippen LogP contribution in [0.15, 0.2) is 35.2 Å². The molecule has 1 N–H and O–H groups in total. The van der Waals surface area contributed by atoms with E-state index in [0.717, 1.165) is 49.1 Å². The van der Waals surface area contributed by atoms with E-state index in [1.807, 2.05) is 35.2 Å². The molecule has 0 radical (unpaired) electrons. The maximum absolute atomic E-state index is 12.9. The summed E-state index contributed by atoms with van der Waals surface area (Å²) in [5.74, 6) is 0.973. The molecule has 1 amide bonds. The number of carbonyl (C=O) groups excluding carboxylic acids is 1. The summed E-state index contributed by atoms with van der Waals surface area (Å²) in [6.07, 6.45) is 4.83. The van der Waals surface area contributed by atoms with Crippen LogP contribution in [0.5, 0.6) is 5.75 Å². The molecule has 1 aliphatic rings. The summed E-state index contributed by atoms with van der Waals surface area (Å²) in [6.45, 7) is 0.639. The Morgan fingerprint density at radius 1 is 1.30 bits per heavy atom. The smallest absolute Gasteiger partial charge is 0.230 e. The van der Waals surface area contributed by atoms with Gasteiger partial charge in [0, 0.05) is 18.3 Å². The minimum atomic E-state index is -0.381. The predicted molar refractivity (Wildman–Crippen MR) is 92.0 cm³/mol. The van der Waals surface area contributed by atoms with E-state index in [1.165, 1.54) is 0 Å². The Bertz CT molecular complexity index is 632. The number of amides is 1. The van der Waals surface area contributed by atoms with Crippen LogP contribution in [0.1, 0.15) is 36.9 Å². The molecule has 0 bridgehead atoms. The molecule has 0 saturated heterocycles. The van der Waals surface area contributed by atoms with Gasteiger partial charge in [0.2, 0.25) is 5.91 Å². The minimum Gasteiger partial charge on any atom is -0.497 e. The number of aromatic nitrogens is 1. The van der Waals surface area contributed by atoms with E-state index in [4.69, 9.17) is 4.74 Å². The molecular formula is C18H22N2O2S. The molecule has 4 nitrogen and oxygen atoms in total. The van der Waals surface area contributed by atoms with Crippen LogP contribution in [0.4, 0.5) is 0 Å². The van der Waals surface area contributed by atoms with E-state index in [2.05, 4.69) is 10.3 Å². The van der Waals surface area contributed by atoms with Gasteiger partial charge in [-0.1, -0.05) is 25.0 Å². The van der Waals surface area contributed by atoms with Crippen molar-refractivity contribution >= 4 is 17.2 Å². The van der Waals surface area contributed by atoms with Gasteiger partial charge in [-0.25, -0.2) is 4.98 Å². The lowest BCUT2D eigenvalue weighted by molar-refractivity contribution is -0.126. The fourth-order valence-electron chi connectivity index (χ4n) is 3.37. The molecule has 0 atom stereocenters. The highest BCUT2D eigenvalue weighted by molar-refractivity contribution is 7.07. The maximum atomic E-state index is 12.9. The first kappa shape index (κ1) is 16.0. The largest absolute Gasteiger partial charge is 0.497 e. The molecule has 0 aliphatic heterocycles. The molecule has 0 spiro atoms. The molecule has 2 aromatic rings. The van der Waals surface area contributed by atoms with E-state index in [0.29, 0.717) is 6.54 Å². The fourth-order valence-corrected chi connectivity index (χ4v) is 3.96. The van der Waals surface area contributed by atoms with Crippen LogP contribution in [-0.4, -0.2) is 24.5 Å². The third kappa shape index (κ3) is 3.39. The third-order valence-corrected chi connectivity index (χ3v) is 5.32. The molecule has 3 rings (SSSR count). The number of carbonyl (C=O) groups is 1. The lowest BCUT2D eigenvalue weighted by atomic mass is 9.78. The Balaban J connectivity index is 1.70. The number of rotatable bonds is 6. The van der Waals surface area contributed by atoms with E-state index in [1.54, 1.807) is 18.4 Å². The number of methoxy groups -OCH3 is 1. The first-order valence-corrected chi connectivity index (χ1v) is 8.99. The summed E-state index contributed by atoms with van der Waals surface area (Å²) in [4.78, 5) is 17.1. The summed E-state index contributed by atoms with van der Waals surface area (Å²) >= 11 is 1.59. The highest BCUT2D eigenvalue weighted by Crippen LogP contribution is 2.41. The number of nitrogens with zero attached hydrogens (tertiary/aromatic N) is 1. The van der Waals surface area contributed by atoms with Crippen molar-refractivity contribution in [2.45, 2.75) is 37.5 Å². The number of ether oxygens (including phenoxy) is 1. The zero-order chi connectivity index (χ0) is 16.1. The van der Waals surface area contributed by atoms with Crippen molar-refractivity contribution in [1.29, 1.82) is 0 Å². The first-order valence-electron chi connectivity index (χ1n) is 8.04. The van der Waals surface area contributed by atoms with Gasteiger partial charge in [0.1, 0.15) is 5.75 Å². The quantitative estimate of drug-likeness (QED) is 0.884. The Labute approximate surface area is 140 Å². The van der Waals surface area contributed by atoms with Crippen molar-refractivity contribution in [1.82, 2.24) is 10.3 Å². The lowest BCUT2D eigenvalue weighted by Gasteiger charge is -2.28. The van der Waals surface area contributed by atoms with Crippen LogP contribution >= 0.6 is 11.3 Å². The lowest BCUT2D eigenvalue weighted by Crippen LogP contribution is -2.43. The van der Waals surface area contributed by atoms with Crippen LogP contribution in [0.2, 0.25) is 0 Å². The first-order chi connectivity index (χ1) is 11.2. The molecule has 122 valence electrons. The zero-order valence-electron chi connectivity index (χ0n) is 13.4. The van der Waals surface area contributed by atoms with Crippen LogP contribution in [0.3, 0.4) is 0 Å². The van der Waals surface area contributed by atoms with Gasteiger partial charge in [0.25, 0.3) is 0 Å². The predicted octanol–water partition coefficient (Wildman–Crippen LogP) is 3.32. The Hall–Kier alpha value is -1.88. The van der Waals surface area contributed by atoms with Crippen LogP contribution < -0.4 is 10.1 Å². The van der Waals surface area contributed by atoms with Crippen molar-refractivity contribution < 1.29 is 9.53 Å². The van der Waals surface area contributed by atoms with Gasteiger partial charge in [-0.3, -0.25) is 4.79 Å². The molecule has 5 heteroatoms. The molecule has 1 aliphatic carbocycles. The molecule has 23 heavy (non-hydrogen) atoms. The number of hydrogen-bond donors (Lipinski definition) is 1. The SMILES string of the molecule is COc1ccc(C2(C(=O)NCCc3cscn3)CCCC2)cc1. The Morgan fingerprint density at radius 2 is 2.04 bits per heavy atom. The summed E-state index contributed by atoms with van der Waals surface area (Å²) in [5.41, 5.74) is 3.59. The Kier molecular flexibility index (Phi) is 4.96. The van der Waals surface area contributed by atoms with Crippen molar-refractivity contribution in [2.24, 2.45) is 0 Å². The standard InChI is InChI=1S/C18H22N2O2S/c1-22-16-6-4-14(5-7-16)18(9-2-3-10-18)17(21)19-11-8-15-12-23-13-20-15/h4-7,12-13H,2-3,8-11H2,1H3,(H,19,21). The van der Waals surface area contributed by atoms with Gasteiger partial charge in [0.05, 0.1) is 23.7 Å². The molecule has 1 aromatic heterocycles. The van der Waals surface area contributed by atoms with Crippen molar-refractivity contribution in [3.63, 3.8) is 0 Å². The van der Waals surface area contributed by atoms with E-state index in [-0.39, 0.29) is 11.3 Å². The second-order valence-corrected chi connectivity index (χ2v) is 6.72. The van der Waals surface area contributed by atoms with Gasteiger partial charge in [-0.15, -0.1) is 11.3 Å². The normalized spacial score (nSPS) is 16.2. The summed E-state index contributed by atoms with van der Waals surface area (Å²) in [6, 6.07) is 7.95. The third-order valence-electron chi connectivity index (χ3n) is 4.68. The van der Waals surface area contributed by atoms with Crippen molar-refractivity contribution in [2.75, 3.05) is 13.7 Å². The van der Waals surface area contributed by atoms with Gasteiger partial charge in [-0.05, 0) is 30.5 Å². The van der Waals surface area contributed by atoms with Crippen LogP contribution in [0, 0.1) is 0 Å². The highest BCUT2D eigenvalue weighted by atomic mass is 32.1. The summed E-state index contributed by atoms with van der Waals surface area (Å²) in [7, 11) is 1.66. The van der Waals surface area contributed by atoms with Crippen LogP contribution in [-0.2, 0) is 16.6 Å². The second-order valence-electron chi connectivity index (χ2n) is 6.00. The molecule has 1 aromatic carbocycles. The topological polar surface area (TPSA) is 51.2 Å².